The van der Waals surface area contributed by atoms with E-state index in [9.17, 15) is 0 Å². The van der Waals surface area contributed by atoms with Gasteiger partial charge in [-0.25, -0.2) is 0 Å². The van der Waals surface area contributed by atoms with Crippen molar-refractivity contribution in [2.75, 3.05) is 0 Å². The summed E-state index contributed by atoms with van der Waals surface area (Å²) in [4.78, 5) is 0. The van der Waals surface area contributed by atoms with Gasteiger partial charge < -0.3 is 9.47 Å². The van der Waals surface area contributed by atoms with Crippen LogP contribution >= 0.6 is 0 Å². The van der Waals surface area contributed by atoms with Crippen LogP contribution in [0.15, 0.2) is 66.7 Å². The van der Waals surface area contributed by atoms with E-state index in [0.29, 0.717) is 0 Å². The summed E-state index contributed by atoms with van der Waals surface area (Å²) in [6.07, 6.45) is 0.960. The smallest absolute Gasteiger partial charge is 0.178 e. The Bertz CT molecular complexity index is 1100. The molecule has 0 atom stereocenters. The van der Waals surface area contributed by atoms with Crippen molar-refractivity contribution >= 4 is 21.5 Å². The highest BCUT2D eigenvalue weighted by Crippen LogP contribution is 2.51. The zero-order chi connectivity index (χ0) is 16.1. The van der Waals surface area contributed by atoms with Crippen LogP contribution in [0.4, 0.5) is 0 Å². The van der Waals surface area contributed by atoms with Gasteiger partial charge >= 0.3 is 0 Å². The van der Waals surface area contributed by atoms with Gasteiger partial charge in [-0.05, 0) is 34.9 Å². The summed E-state index contributed by atoms with van der Waals surface area (Å²) in [5, 5.41) is 4.55. The van der Waals surface area contributed by atoms with Crippen LogP contribution in [0.5, 0.6) is 23.0 Å². The molecule has 0 aliphatic carbocycles. The maximum absolute atomic E-state index is 6.38. The van der Waals surface area contributed by atoms with Crippen LogP contribution < -0.4 is 9.47 Å². The van der Waals surface area contributed by atoms with E-state index in [4.69, 9.17) is 9.47 Å². The van der Waals surface area contributed by atoms with Crippen LogP contribution in [-0.4, -0.2) is 0 Å². The Kier molecular flexibility index (Phi) is 2.80. The normalized spacial score (nSPS) is 12.4. The Morgan fingerprint density at radius 1 is 0.667 bits per heavy atom. The molecule has 1 aliphatic heterocycles. The van der Waals surface area contributed by atoms with E-state index in [1.54, 1.807) is 0 Å². The molecule has 0 unspecified atom stereocenters. The minimum atomic E-state index is 0.776. The molecule has 0 fully saturated rings. The molecule has 4 aromatic carbocycles. The molecule has 2 heteroatoms. The van der Waals surface area contributed by atoms with Crippen molar-refractivity contribution in [2.45, 2.75) is 13.3 Å². The second-order valence-electron chi connectivity index (χ2n) is 6.08. The largest absolute Gasteiger partial charge is 0.449 e. The molecule has 0 saturated carbocycles. The third-order valence-corrected chi connectivity index (χ3v) is 4.70. The Labute approximate surface area is 140 Å². The van der Waals surface area contributed by atoms with Crippen LogP contribution in [-0.2, 0) is 6.42 Å². The fourth-order valence-corrected chi connectivity index (χ4v) is 3.50. The Hall–Kier alpha value is -3.00. The summed E-state index contributed by atoms with van der Waals surface area (Å²) in [7, 11) is 0. The number of fused-ring (bicyclic) bond motifs is 6. The van der Waals surface area contributed by atoms with Crippen LogP contribution in [0.3, 0.4) is 0 Å². The molecule has 1 heterocycles. The van der Waals surface area contributed by atoms with Gasteiger partial charge in [-0.2, -0.15) is 0 Å². The third-order valence-electron chi connectivity index (χ3n) is 4.70. The zero-order valence-electron chi connectivity index (χ0n) is 13.4. The van der Waals surface area contributed by atoms with Crippen LogP contribution in [0, 0.1) is 0 Å². The van der Waals surface area contributed by atoms with Crippen LogP contribution in [0.1, 0.15) is 12.5 Å². The van der Waals surface area contributed by atoms with Crippen LogP contribution in [0.25, 0.3) is 21.5 Å². The monoisotopic (exact) mass is 312 g/mol. The van der Waals surface area contributed by atoms with E-state index in [2.05, 4.69) is 49.4 Å². The average molecular weight is 312 g/mol. The first-order chi connectivity index (χ1) is 11.8. The fourth-order valence-electron chi connectivity index (χ4n) is 3.50. The molecule has 0 amide bonds. The first-order valence-electron chi connectivity index (χ1n) is 8.27. The van der Waals surface area contributed by atoms with Gasteiger partial charge in [0, 0.05) is 10.8 Å². The summed E-state index contributed by atoms with van der Waals surface area (Å²) in [6.45, 7) is 2.17. The van der Waals surface area contributed by atoms with E-state index in [-0.39, 0.29) is 0 Å². The lowest BCUT2D eigenvalue weighted by atomic mass is 10.0. The lowest BCUT2D eigenvalue weighted by Crippen LogP contribution is -2.01. The lowest BCUT2D eigenvalue weighted by Gasteiger charge is -2.24. The van der Waals surface area contributed by atoms with Crippen molar-refractivity contribution in [2.24, 2.45) is 0 Å². The molecule has 116 valence electrons. The number of aryl methyl sites for hydroxylation is 1. The molecule has 0 bridgehead atoms. The number of hydrogen-bond donors (Lipinski definition) is 0. The number of rotatable bonds is 1. The molecule has 0 spiro atoms. The van der Waals surface area contributed by atoms with Gasteiger partial charge in [0.05, 0.1) is 0 Å². The zero-order valence-corrected chi connectivity index (χ0v) is 13.4. The summed E-state index contributed by atoms with van der Waals surface area (Å²) in [5.41, 5.74) is 1.28. The number of benzene rings is 4. The molecule has 2 nitrogen and oxygen atoms in total. The second kappa shape index (κ2) is 5.00. The molecule has 0 radical (unpaired) electrons. The summed E-state index contributed by atoms with van der Waals surface area (Å²) >= 11 is 0. The Morgan fingerprint density at radius 3 is 2.21 bits per heavy atom. The van der Waals surface area contributed by atoms with E-state index in [1.807, 2.05) is 24.3 Å². The van der Waals surface area contributed by atoms with Crippen molar-refractivity contribution < 1.29 is 9.47 Å². The molecule has 0 aromatic heterocycles. The second-order valence-corrected chi connectivity index (χ2v) is 6.08. The van der Waals surface area contributed by atoms with Gasteiger partial charge in [-0.1, -0.05) is 61.5 Å². The summed E-state index contributed by atoms with van der Waals surface area (Å²) < 4.78 is 12.6. The standard InChI is InChI=1S/C22H16O2/c1-2-14-13-20-22(18-10-6-5-8-16(14)18)24-21-17-9-4-3-7-15(17)11-12-19(21)23-20/h3-13H,2H2,1H3. The predicted molar refractivity (Wildman–Crippen MR) is 97.4 cm³/mol. The van der Waals surface area contributed by atoms with E-state index >= 15 is 0 Å². The SMILES string of the molecule is CCc1cc2c(c3ccccc13)Oc1c(ccc3ccccc13)O2. The number of ether oxygens (including phenoxy) is 2. The fraction of sp³-hybridized carbons (Fsp3) is 0.0909. The molecule has 4 aromatic rings. The molecule has 0 saturated heterocycles. The van der Waals surface area contributed by atoms with Crippen molar-refractivity contribution in [3.63, 3.8) is 0 Å². The van der Waals surface area contributed by atoms with Gasteiger partial charge in [-0.15, -0.1) is 0 Å². The van der Waals surface area contributed by atoms with Crippen molar-refractivity contribution in [3.8, 4) is 23.0 Å². The van der Waals surface area contributed by atoms with Crippen molar-refractivity contribution in [3.05, 3.63) is 72.3 Å². The topological polar surface area (TPSA) is 18.5 Å². The molecular weight excluding hydrogens is 296 g/mol. The first-order valence-corrected chi connectivity index (χ1v) is 8.27. The molecule has 5 rings (SSSR count). The predicted octanol–water partition coefficient (Wildman–Crippen LogP) is 6.45. The van der Waals surface area contributed by atoms with Gasteiger partial charge in [0.2, 0.25) is 0 Å². The van der Waals surface area contributed by atoms with Gasteiger partial charge in [0.1, 0.15) is 0 Å². The summed E-state index contributed by atoms with van der Waals surface area (Å²) in [6, 6.07) is 22.8. The highest BCUT2D eigenvalue weighted by atomic mass is 16.6. The average Bonchev–Trinajstić information content (AvgIpc) is 2.66. The Balaban J connectivity index is 1.80. The van der Waals surface area contributed by atoms with Crippen molar-refractivity contribution in [1.82, 2.24) is 0 Å². The van der Waals surface area contributed by atoms with Gasteiger partial charge in [0.25, 0.3) is 0 Å². The molecule has 1 aliphatic rings. The third kappa shape index (κ3) is 1.83. The first kappa shape index (κ1) is 13.4. The highest BCUT2D eigenvalue weighted by molar-refractivity contribution is 5.97. The van der Waals surface area contributed by atoms with Crippen molar-refractivity contribution in [1.29, 1.82) is 0 Å². The molecule has 0 N–H and O–H groups in total. The quantitative estimate of drug-likeness (QED) is 0.354. The van der Waals surface area contributed by atoms with Gasteiger partial charge in [-0.3, -0.25) is 0 Å². The number of hydrogen-bond acceptors (Lipinski definition) is 2. The Morgan fingerprint density at radius 2 is 1.38 bits per heavy atom. The maximum Gasteiger partial charge on any atom is 0.178 e. The van der Waals surface area contributed by atoms with Crippen LogP contribution in [0.2, 0.25) is 0 Å². The van der Waals surface area contributed by atoms with Gasteiger partial charge in [0.15, 0.2) is 23.0 Å². The van der Waals surface area contributed by atoms with E-state index in [1.165, 1.54) is 10.9 Å². The molecule has 24 heavy (non-hydrogen) atoms. The van der Waals surface area contributed by atoms with E-state index in [0.717, 1.165) is 45.6 Å². The minimum absolute atomic E-state index is 0.776. The molecular formula is C22H16O2. The maximum atomic E-state index is 6.38. The highest BCUT2D eigenvalue weighted by Gasteiger charge is 2.24. The summed E-state index contributed by atoms with van der Waals surface area (Å²) in [5.74, 6) is 3.19. The lowest BCUT2D eigenvalue weighted by molar-refractivity contribution is 0.366. The minimum Gasteiger partial charge on any atom is -0.449 e. The van der Waals surface area contributed by atoms with E-state index < -0.39 is 0 Å².